The molecule has 0 unspecified atom stereocenters. The van der Waals surface area contributed by atoms with E-state index in [9.17, 15) is 4.79 Å². The Kier molecular flexibility index (Phi) is 4.79. The summed E-state index contributed by atoms with van der Waals surface area (Å²) in [4.78, 5) is 10.8. The fourth-order valence-electron chi connectivity index (χ4n) is 0.575. The van der Waals surface area contributed by atoms with E-state index in [-0.39, 0.29) is 17.8 Å². The van der Waals surface area contributed by atoms with E-state index in [4.69, 9.17) is 10.2 Å². The Hall–Kier alpha value is -1.29. The third kappa shape index (κ3) is 3.21. The second-order valence-corrected chi connectivity index (χ2v) is 2.13. The summed E-state index contributed by atoms with van der Waals surface area (Å²) in [5.41, 5.74) is 0.0870. The molecule has 0 aliphatic rings. The Balaban J connectivity index is 4.31. The summed E-state index contributed by atoms with van der Waals surface area (Å²) in [6, 6.07) is 0. The number of aliphatic hydroxyl groups is 2. The molecule has 0 bridgehead atoms. The van der Waals surface area contributed by atoms with Crippen molar-refractivity contribution in [1.82, 2.24) is 0 Å². The summed E-state index contributed by atoms with van der Waals surface area (Å²) < 4.78 is 4.24. The van der Waals surface area contributed by atoms with Gasteiger partial charge in [-0.1, -0.05) is 6.08 Å². The number of carbonyl (C=O) groups excluding carboxylic acids is 1. The molecule has 0 aromatic carbocycles. The van der Waals surface area contributed by atoms with Crippen LogP contribution in [0.25, 0.3) is 0 Å². The summed E-state index contributed by atoms with van der Waals surface area (Å²) >= 11 is 0. The summed E-state index contributed by atoms with van der Waals surface area (Å²) in [5.74, 6) is -0.819. The van der Waals surface area contributed by atoms with Gasteiger partial charge in [0.15, 0.2) is 6.79 Å². The number of allylic oxidation sites excluding steroid dienone is 1. The standard InChI is InChI=1S/C8H12O4/c1-3-4-7(10)6(2)8(11)12-5-9/h3,9-10H,1,4-5H2,2H3/b7-6+. The van der Waals surface area contributed by atoms with Crippen LogP contribution in [0.4, 0.5) is 0 Å². The highest BCUT2D eigenvalue weighted by Gasteiger charge is 2.09. The Bertz CT molecular complexity index is 205. The van der Waals surface area contributed by atoms with E-state index in [0.29, 0.717) is 0 Å². The Morgan fingerprint density at radius 2 is 2.25 bits per heavy atom. The van der Waals surface area contributed by atoms with Crippen LogP contribution in [-0.2, 0) is 9.53 Å². The van der Waals surface area contributed by atoms with E-state index < -0.39 is 12.8 Å². The van der Waals surface area contributed by atoms with E-state index >= 15 is 0 Å². The average molecular weight is 172 g/mol. The van der Waals surface area contributed by atoms with Crippen LogP contribution in [0.15, 0.2) is 24.0 Å². The van der Waals surface area contributed by atoms with Gasteiger partial charge >= 0.3 is 5.97 Å². The van der Waals surface area contributed by atoms with Crippen LogP contribution < -0.4 is 0 Å². The summed E-state index contributed by atoms with van der Waals surface area (Å²) in [6.07, 6.45) is 1.68. The van der Waals surface area contributed by atoms with Crippen molar-refractivity contribution in [3.8, 4) is 0 Å². The Morgan fingerprint density at radius 1 is 1.67 bits per heavy atom. The molecule has 0 radical (unpaired) electrons. The van der Waals surface area contributed by atoms with Gasteiger partial charge in [-0.05, 0) is 6.92 Å². The van der Waals surface area contributed by atoms with Gasteiger partial charge in [0.25, 0.3) is 0 Å². The Labute approximate surface area is 70.8 Å². The van der Waals surface area contributed by atoms with Crippen molar-refractivity contribution >= 4 is 5.97 Å². The minimum atomic E-state index is -0.725. The van der Waals surface area contributed by atoms with Gasteiger partial charge in [-0.15, -0.1) is 6.58 Å². The number of rotatable bonds is 4. The van der Waals surface area contributed by atoms with Crippen LogP contribution in [0.5, 0.6) is 0 Å². The predicted octanol–water partition coefficient (Wildman–Crippen LogP) is 0.887. The van der Waals surface area contributed by atoms with Crippen LogP contribution in [0, 0.1) is 0 Å². The number of hydrogen-bond acceptors (Lipinski definition) is 4. The number of esters is 1. The number of ether oxygens (including phenoxy) is 1. The average Bonchev–Trinajstić information content (AvgIpc) is 2.04. The maximum Gasteiger partial charge on any atom is 0.339 e. The fraction of sp³-hybridized carbons (Fsp3) is 0.375. The lowest BCUT2D eigenvalue weighted by Crippen LogP contribution is -2.08. The van der Waals surface area contributed by atoms with Crippen LogP contribution in [0.3, 0.4) is 0 Å². The second kappa shape index (κ2) is 5.37. The molecule has 0 spiro atoms. The molecule has 4 heteroatoms. The van der Waals surface area contributed by atoms with Crippen molar-refractivity contribution in [2.45, 2.75) is 13.3 Å². The summed E-state index contributed by atoms with van der Waals surface area (Å²) in [5, 5.41) is 17.4. The zero-order valence-corrected chi connectivity index (χ0v) is 6.91. The zero-order chi connectivity index (χ0) is 9.56. The SMILES string of the molecule is C=CC/C(O)=C(/C)C(=O)OCO. The molecule has 0 amide bonds. The molecule has 0 aromatic rings. The lowest BCUT2D eigenvalue weighted by molar-refractivity contribution is -0.147. The van der Waals surface area contributed by atoms with E-state index in [0.717, 1.165) is 0 Å². The minimum Gasteiger partial charge on any atom is -0.511 e. The molecule has 68 valence electrons. The minimum absolute atomic E-state index is 0.0870. The van der Waals surface area contributed by atoms with Crippen molar-refractivity contribution in [2.75, 3.05) is 6.79 Å². The molecule has 0 saturated heterocycles. The molecule has 0 fully saturated rings. The highest BCUT2D eigenvalue weighted by Crippen LogP contribution is 2.06. The third-order valence-electron chi connectivity index (χ3n) is 1.27. The maximum atomic E-state index is 10.8. The van der Waals surface area contributed by atoms with Gasteiger partial charge in [-0.2, -0.15) is 0 Å². The molecule has 0 aliphatic heterocycles. The lowest BCUT2D eigenvalue weighted by atomic mass is 10.2. The molecule has 0 rings (SSSR count). The normalized spacial score (nSPS) is 11.8. The molecule has 0 heterocycles. The van der Waals surface area contributed by atoms with Gasteiger partial charge in [0.1, 0.15) is 5.76 Å². The van der Waals surface area contributed by atoms with E-state index in [1.165, 1.54) is 13.0 Å². The molecule has 0 aliphatic carbocycles. The zero-order valence-electron chi connectivity index (χ0n) is 6.91. The highest BCUT2D eigenvalue weighted by atomic mass is 16.6. The van der Waals surface area contributed by atoms with Crippen LogP contribution in [0.1, 0.15) is 13.3 Å². The van der Waals surface area contributed by atoms with Crippen molar-refractivity contribution in [1.29, 1.82) is 0 Å². The van der Waals surface area contributed by atoms with Crippen molar-refractivity contribution in [3.05, 3.63) is 24.0 Å². The molecule has 0 aromatic heterocycles. The molecule has 2 N–H and O–H groups in total. The fourth-order valence-corrected chi connectivity index (χ4v) is 0.575. The molecular weight excluding hydrogens is 160 g/mol. The molecule has 0 atom stereocenters. The second-order valence-electron chi connectivity index (χ2n) is 2.13. The first-order chi connectivity index (χ1) is 5.63. The maximum absolute atomic E-state index is 10.8. The first kappa shape index (κ1) is 10.7. The summed E-state index contributed by atoms with van der Waals surface area (Å²) in [7, 11) is 0. The van der Waals surface area contributed by atoms with Gasteiger partial charge < -0.3 is 14.9 Å². The van der Waals surface area contributed by atoms with E-state index in [1.807, 2.05) is 0 Å². The van der Waals surface area contributed by atoms with Crippen molar-refractivity contribution in [2.24, 2.45) is 0 Å². The number of hydrogen-bond donors (Lipinski definition) is 2. The molecule has 0 saturated carbocycles. The third-order valence-corrected chi connectivity index (χ3v) is 1.27. The molecular formula is C8H12O4. The quantitative estimate of drug-likeness (QED) is 0.217. The first-order valence-corrected chi connectivity index (χ1v) is 3.41. The highest BCUT2D eigenvalue weighted by molar-refractivity contribution is 5.88. The molecule has 4 nitrogen and oxygen atoms in total. The summed E-state index contributed by atoms with van der Waals surface area (Å²) in [6.45, 7) is 4.12. The van der Waals surface area contributed by atoms with Gasteiger partial charge in [-0.3, -0.25) is 0 Å². The van der Waals surface area contributed by atoms with E-state index in [1.54, 1.807) is 0 Å². The topological polar surface area (TPSA) is 66.8 Å². The lowest BCUT2D eigenvalue weighted by Gasteiger charge is -2.02. The molecule has 12 heavy (non-hydrogen) atoms. The van der Waals surface area contributed by atoms with Crippen LogP contribution in [0.2, 0.25) is 0 Å². The predicted molar refractivity (Wildman–Crippen MR) is 43.3 cm³/mol. The van der Waals surface area contributed by atoms with Gasteiger partial charge in [0.2, 0.25) is 0 Å². The van der Waals surface area contributed by atoms with E-state index in [2.05, 4.69) is 11.3 Å². The largest absolute Gasteiger partial charge is 0.511 e. The Morgan fingerprint density at radius 3 is 2.67 bits per heavy atom. The number of aliphatic hydroxyl groups excluding tert-OH is 2. The first-order valence-electron chi connectivity index (χ1n) is 3.41. The number of carbonyl (C=O) groups is 1. The van der Waals surface area contributed by atoms with Gasteiger partial charge in [0, 0.05) is 6.42 Å². The van der Waals surface area contributed by atoms with Crippen LogP contribution in [-0.4, -0.2) is 23.0 Å². The van der Waals surface area contributed by atoms with Crippen LogP contribution >= 0.6 is 0 Å². The van der Waals surface area contributed by atoms with Crippen molar-refractivity contribution in [3.63, 3.8) is 0 Å². The smallest absolute Gasteiger partial charge is 0.339 e. The monoisotopic (exact) mass is 172 g/mol. The van der Waals surface area contributed by atoms with Gasteiger partial charge in [-0.25, -0.2) is 4.79 Å². The van der Waals surface area contributed by atoms with Crippen molar-refractivity contribution < 1.29 is 19.7 Å². The van der Waals surface area contributed by atoms with Gasteiger partial charge in [0.05, 0.1) is 5.57 Å².